The zero-order valence-corrected chi connectivity index (χ0v) is 8.30. The topological polar surface area (TPSA) is 58.9 Å². The summed E-state index contributed by atoms with van der Waals surface area (Å²) in [6.45, 7) is 0.480. The first-order valence-electron chi connectivity index (χ1n) is 4.27. The fraction of sp³-hybridized carbons (Fsp3) is 0.100. The lowest BCUT2D eigenvalue weighted by Gasteiger charge is -2.03. The van der Waals surface area contributed by atoms with Crippen LogP contribution in [0.15, 0.2) is 34.4 Å². The molecule has 3 nitrogen and oxygen atoms in total. The van der Waals surface area contributed by atoms with Crippen LogP contribution in [-0.2, 0) is 6.54 Å². The van der Waals surface area contributed by atoms with Crippen molar-refractivity contribution in [3.63, 3.8) is 0 Å². The second kappa shape index (κ2) is 3.77. The molecule has 0 atom stereocenters. The highest BCUT2D eigenvalue weighted by Gasteiger charge is 2.04. The summed E-state index contributed by atoms with van der Waals surface area (Å²) in [7, 11) is 0. The first kappa shape index (κ1) is 9.18. The Morgan fingerprint density at radius 1 is 1.36 bits per heavy atom. The summed E-state index contributed by atoms with van der Waals surface area (Å²) in [6, 6.07) is 7.80. The summed E-state index contributed by atoms with van der Waals surface area (Å²) in [6.07, 6.45) is 0. The van der Waals surface area contributed by atoms with Gasteiger partial charge in [-0.2, -0.15) is 0 Å². The maximum absolute atomic E-state index is 11.0. The fourth-order valence-electron chi connectivity index (χ4n) is 1.37. The van der Waals surface area contributed by atoms with E-state index in [-0.39, 0.29) is 4.87 Å². The number of hydrogen-bond acceptors (Lipinski definition) is 3. The van der Waals surface area contributed by atoms with Crippen LogP contribution in [0.2, 0.25) is 0 Å². The number of nitrogens with two attached hydrogens (primary N) is 1. The first-order chi connectivity index (χ1) is 6.81. The number of nitrogens with one attached hydrogen (secondary N) is 1. The Morgan fingerprint density at radius 2 is 2.14 bits per heavy atom. The molecule has 0 aliphatic carbocycles. The van der Waals surface area contributed by atoms with Crippen molar-refractivity contribution in [3.8, 4) is 11.3 Å². The van der Waals surface area contributed by atoms with Crippen molar-refractivity contribution in [2.75, 3.05) is 0 Å². The molecule has 1 aromatic carbocycles. The van der Waals surface area contributed by atoms with Gasteiger partial charge in [-0.25, -0.2) is 0 Å². The second-order valence-electron chi connectivity index (χ2n) is 2.92. The highest BCUT2D eigenvalue weighted by Crippen LogP contribution is 2.21. The zero-order valence-electron chi connectivity index (χ0n) is 7.49. The monoisotopic (exact) mass is 206 g/mol. The molecule has 0 aliphatic heterocycles. The minimum Gasteiger partial charge on any atom is -0.326 e. The average molecular weight is 206 g/mol. The van der Waals surface area contributed by atoms with Crippen LogP contribution in [0.3, 0.4) is 0 Å². The van der Waals surface area contributed by atoms with E-state index in [0.29, 0.717) is 6.54 Å². The van der Waals surface area contributed by atoms with E-state index >= 15 is 0 Å². The fourth-order valence-corrected chi connectivity index (χ4v) is 1.95. The predicted molar refractivity (Wildman–Crippen MR) is 58.3 cm³/mol. The van der Waals surface area contributed by atoms with Crippen molar-refractivity contribution in [2.45, 2.75) is 6.54 Å². The van der Waals surface area contributed by atoms with Crippen LogP contribution in [-0.4, -0.2) is 4.98 Å². The second-order valence-corrected chi connectivity index (χ2v) is 3.77. The van der Waals surface area contributed by atoms with Crippen molar-refractivity contribution in [2.24, 2.45) is 5.73 Å². The Morgan fingerprint density at radius 3 is 2.79 bits per heavy atom. The van der Waals surface area contributed by atoms with Crippen LogP contribution < -0.4 is 10.6 Å². The van der Waals surface area contributed by atoms with Gasteiger partial charge in [0.15, 0.2) is 0 Å². The molecule has 0 saturated carbocycles. The number of aromatic nitrogens is 1. The number of H-pyrrole nitrogens is 1. The molecule has 1 aromatic heterocycles. The highest BCUT2D eigenvalue weighted by atomic mass is 32.1. The predicted octanol–water partition coefficient (Wildman–Crippen LogP) is 1.56. The third-order valence-corrected chi connectivity index (χ3v) is 2.72. The molecule has 14 heavy (non-hydrogen) atoms. The summed E-state index contributed by atoms with van der Waals surface area (Å²) < 4.78 is 0. The van der Waals surface area contributed by atoms with E-state index in [1.165, 1.54) is 11.3 Å². The van der Waals surface area contributed by atoms with Gasteiger partial charge >= 0.3 is 4.87 Å². The van der Waals surface area contributed by atoms with E-state index in [0.717, 1.165) is 16.8 Å². The van der Waals surface area contributed by atoms with E-state index in [2.05, 4.69) is 4.98 Å². The quantitative estimate of drug-likeness (QED) is 0.783. The van der Waals surface area contributed by atoms with Gasteiger partial charge in [-0.3, -0.25) is 4.79 Å². The van der Waals surface area contributed by atoms with Crippen LogP contribution in [0.1, 0.15) is 5.56 Å². The number of thiazole rings is 1. The lowest BCUT2D eigenvalue weighted by atomic mass is 10.1. The standard InChI is InChI=1S/C10H10N2OS/c11-5-7-3-1-2-4-8(7)9-6-14-10(13)12-9/h1-4,6H,5,11H2,(H,12,13). The molecule has 0 fully saturated rings. The van der Waals surface area contributed by atoms with Crippen molar-refractivity contribution in [1.29, 1.82) is 0 Å². The Kier molecular flexibility index (Phi) is 2.47. The Balaban J connectivity index is 2.55. The number of hydrogen-bond donors (Lipinski definition) is 2. The van der Waals surface area contributed by atoms with Crippen molar-refractivity contribution in [1.82, 2.24) is 4.98 Å². The van der Waals surface area contributed by atoms with Crippen LogP contribution in [0.4, 0.5) is 0 Å². The smallest absolute Gasteiger partial charge is 0.304 e. The third kappa shape index (κ3) is 1.62. The van der Waals surface area contributed by atoms with E-state index < -0.39 is 0 Å². The molecule has 1 heterocycles. The number of benzene rings is 1. The van der Waals surface area contributed by atoms with Crippen molar-refractivity contribution in [3.05, 3.63) is 44.9 Å². The Bertz CT molecular complexity index is 487. The normalized spacial score (nSPS) is 10.4. The molecule has 0 amide bonds. The SMILES string of the molecule is NCc1ccccc1-c1csc(=O)[nH]1. The molecule has 2 aromatic rings. The van der Waals surface area contributed by atoms with Gasteiger partial charge in [0.05, 0.1) is 5.69 Å². The summed E-state index contributed by atoms with van der Waals surface area (Å²) >= 11 is 1.17. The average Bonchev–Trinajstić information content (AvgIpc) is 2.65. The van der Waals surface area contributed by atoms with Crippen LogP contribution in [0, 0.1) is 0 Å². The summed E-state index contributed by atoms with van der Waals surface area (Å²) in [4.78, 5) is 13.7. The van der Waals surface area contributed by atoms with Gasteiger partial charge in [-0.1, -0.05) is 35.6 Å². The summed E-state index contributed by atoms with van der Waals surface area (Å²) in [5.41, 5.74) is 8.51. The van der Waals surface area contributed by atoms with Crippen LogP contribution >= 0.6 is 11.3 Å². The van der Waals surface area contributed by atoms with Gasteiger partial charge < -0.3 is 10.7 Å². The maximum atomic E-state index is 11.0. The van der Waals surface area contributed by atoms with Gasteiger partial charge in [-0.05, 0) is 5.56 Å². The number of rotatable bonds is 2. The number of aromatic amines is 1. The Hall–Kier alpha value is -1.39. The molecule has 0 unspecified atom stereocenters. The molecule has 0 radical (unpaired) electrons. The Labute approximate surface area is 85.2 Å². The van der Waals surface area contributed by atoms with E-state index in [9.17, 15) is 4.79 Å². The molecule has 2 rings (SSSR count). The molecular formula is C10H10N2OS. The molecular weight excluding hydrogens is 196 g/mol. The lowest BCUT2D eigenvalue weighted by molar-refractivity contribution is 1.07. The maximum Gasteiger partial charge on any atom is 0.304 e. The molecule has 0 bridgehead atoms. The van der Waals surface area contributed by atoms with Crippen LogP contribution in [0.25, 0.3) is 11.3 Å². The van der Waals surface area contributed by atoms with E-state index in [4.69, 9.17) is 5.73 Å². The summed E-state index contributed by atoms with van der Waals surface area (Å²) in [5.74, 6) is 0. The van der Waals surface area contributed by atoms with Gasteiger partial charge in [0.25, 0.3) is 0 Å². The molecule has 4 heteroatoms. The molecule has 0 aliphatic rings. The summed E-state index contributed by atoms with van der Waals surface area (Å²) in [5, 5.41) is 1.82. The largest absolute Gasteiger partial charge is 0.326 e. The van der Waals surface area contributed by atoms with Gasteiger partial charge in [0.1, 0.15) is 0 Å². The molecule has 0 spiro atoms. The van der Waals surface area contributed by atoms with Gasteiger partial charge in [0, 0.05) is 17.5 Å². The molecule has 0 saturated heterocycles. The minimum absolute atomic E-state index is 0.0353. The van der Waals surface area contributed by atoms with Gasteiger partial charge in [0.2, 0.25) is 0 Å². The minimum atomic E-state index is -0.0353. The molecule has 3 N–H and O–H groups in total. The zero-order chi connectivity index (χ0) is 9.97. The van der Waals surface area contributed by atoms with Crippen molar-refractivity contribution < 1.29 is 0 Å². The van der Waals surface area contributed by atoms with E-state index in [1.807, 2.05) is 29.6 Å². The molecule has 72 valence electrons. The van der Waals surface area contributed by atoms with Gasteiger partial charge in [-0.15, -0.1) is 0 Å². The lowest BCUT2D eigenvalue weighted by Crippen LogP contribution is -2.00. The van der Waals surface area contributed by atoms with Crippen LogP contribution in [0.5, 0.6) is 0 Å². The first-order valence-corrected chi connectivity index (χ1v) is 5.15. The third-order valence-electron chi connectivity index (χ3n) is 2.05. The van der Waals surface area contributed by atoms with Crippen molar-refractivity contribution >= 4 is 11.3 Å². The highest BCUT2D eigenvalue weighted by molar-refractivity contribution is 7.07. The van der Waals surface area contributed by atoms with E-state index in [1.54, 1.807) is 0 Å².